The lowest BCUT2D eigenvalue weighted by atomic mass is 9.95. The number of hydrogen-bond donors (Lipinski definition) is 4. The van der Waals surface area contributed by atoms with E-state index in [0.717, 1.165) is 0 Å². The Kier molecular flexibility index (Phi) is 10.3. The molecule has 1 fully saturated rings. The molecule has 40 heavy (non-hydrogen) atoms. The molecule has 218 valence electrons. The maximum absolute atomic E-state index is 13.2. The van der Waals surface area contributed by atoms with Gasteiger partial charge in [-0.2, -0.15) is 0 Å². The van der Waals surface area contributed by atoms with Crippen LogP contribution < -0.4 is 20.7 Å². The summed E-state index contributed by atoms with van der Waals surface area (Å²) in [6.45, 7) is 2.63. The van der Waals surface area contributed by atoms with Crippen LogP contribution in [0, 0.1) is 11.8 Å². The number of nitrogens with zero attached hydrogens (tertiary/aromatic N) is 1. The number of aromatic nitrogens is 2. The molecule has 1 aromatic carbocycles. The van der Waals surface area contributed by atoms with Crippen LogP contribution in [0.1, 0.15) is 43.7 Å². The molecule has 1 aromatic heterocycles. The maximum Gasteiger partial charge on any atom is 0.522 e. The Labute approximate surface area is 228 Å². The highest BCUT2D eigenvalue weighted by Gasteiger charge is 2.36. The predicted molar refractivity (Wildman–Crippen MR) is 136 cm³/mol. The average Bonchev–Trinajstić information content (AvgIpc) is 3.55. The lowest BCUT2D eigenvalue weighted by Crippen LogP contribution is -2.53. The summed E-state index contributed by atoms with van der Waals surface area (Å²) in [6, 6.07) is 4.50. The van der Waals surface area contributed by atoms with Crippen molar-refractivity contribution in [3.8, 4) is 17.0 Å². The Morgan fingerprint density at radius 3 is 2.50 bits per heavy atom. The number of para-hydroxylation sites is 1. The van der Waals surface area contributed by atoms with Gasteiger partial charge in [0.25, 0.3) is 5.91 Å². The number of hydrogen-bond acceptors (Lipinski definition) is 7. The van der Waals surface area contributed by atoms with E-state index >= 15 is 0 Å². The van der Waals surface area contributed by atoms with E-state index in [0.29, 0.717) is 30.0 Å². The van der Waals surface area contributed by atoms with Crippen molar-refractivity contribution in [1.29, 1.82) is 0 Å². The lowest BCUT2D eigenvalue weighted by Gasteiger charge is -2.25. The van der Waals surface area contributed by atoms with E-state index in [1.165, 1.54) is 13.3 Å². The SMILES string of the molecule is COc1ccccc1-c1cnc(C(=O)NC(CC(C)C)C(=O)NC(CC2CCNC2=O)C(=O)COC(F)(F)F)[nH]1. The van der Waals surface area contributed by atoms with Crippen molar-refractivity contribution in [2.75, 3.05) is 20.3 Å². The van der Waals surface area contributed by atoms with Crippen LogP contribution in [0.2, 0.25) is 0 Å². The number of halogens is 3. The molecule has 14 heteroatoms. The molecule has 3 atom stereocenters. The summed E-state index contributed by atoms with van der Waals surface area (Å²) in [5.41, 5.74) is 1.16. The first-order valence-corrected chi connectivity index (χ1v) is 12.7. The first kappa shape index (κ1) is 30.6. The molecule has 3 unspecified atom stereocenters. The van der Waals surface area contributed by atoms with Crippen LogP contribution in [-0.2, 0) is 19.1 Å². The molecule has 3 amide bonds. The summed E-state index contributed by atoms with van der Waals surface area (Å²) in [5.74, 6) is -3.20. The van der Waals surface area contributed by atoms with E-state index < -0.39 is 48.6 Å². The number of alkyl halides is 3. The number of rotatable bonds is 13. The van der Waals surface area contributed by atoms with Crippen molar-refractivity contribution < 1.29 is 41.8 Å². The Bertz CT molecular complexity index is 1220. The minimum atomic E-state index is -5.05. The third-order valence-corrected chi connectivity index (χ3v) is 6.28. The number of amides is 3. The predicted octanol–water partition coefficient (Wildman–Crippen LogP) is 2.35. The molecule has 0 radical (unpaired) electrons. The van der Waals surface area contributed by atoms with Crippen LogP contribution in [0.15, 0.2) is 30.5 Å². The van der Waals surface area contributed by atoms with Crippen molar-refractivity contribution >= 4 is 23.5 Å². The van der Waals surface area contributed by atoms with Crippen LogP contribution in [0.25, 0.3) is 11.3 Å². The summed E-state index contributed by atoms with van der Waals surface area (Å²) in [4.78, 5) is 57.9. The number of nitrogens with one attached hydrogen (secondary N) is 4. The summed E-state index contributed by atoms with van der Waals surface area (Å²) >= 11 is 0. The molecular weight excluding hydrogens is 535 g/mol. The highest BCUT2D eigenvalue weighted by Crippen LogP contribution is 2.28. The van der Waals surface area contributed by atoms with E-state index in [1.807, 2.05) is 13.8 Å². The van der Waals surface area contributed by atoms with Gasteiger partial charge in [0.1, 0.15) is 18.4 Å². The Balaban J connectivity index is 1.75. The fourth-order valence-corrected chi connectivity index (χ4v) is 4.32. The quantitative estimate of drug-likeness (QED) is 0.290. The number of ether oxygens (including phenoxy) is 2. The van der Waals surface area contributed by atoms with E-state index in [1.54, 1.807) is 24.3 Å². The van der Waals surface area contributed by atoms with Gasteiger partial charge in [-0.1, -0.05) is 26.0 Å². The highest BCUT2D eigenvalue weighted by atomic mass is 19.4. The zero-order chi connectivity index (χ0) is 29.4. The van der Waals surface area contributed by atoms with E-state index in [2.05, 4.69) is 30.7 Å². The first-order chi connectivity index (χ1) is 18.9. The number of benzene rings is 1. The number of Topliss-reactive ketones (excluding diaryl/α,β-unsaturated/α-hetero) is 1. The van der Waals surface area contributed by atoms with Gasteiger partial charge in [0.2, 0.25) is 11.8 Å². The summed E-state index contributed by atoms with van der Waals surface area (Å²) in [5, 5.41) is 7.60. The minimum absolute atomic E-state index is 0.0832. The highest BCUT2D eigenvalue weighted by molar-refractivity contribution is 5.97. The van der Waals surface area contributed by atoms with Crippen molar-refractivity contribution in [1.82, 2.24) is 25.9 Å². The van der Waals surface area contributed by atoms with Crippen LogP contribution >= 0.6 is 0 Å². The number of ketones is 1. The van der Waals surface area contributed by atoms with Crippen molar-refractivity contribution in [2.24, 2.45) is 11.8 Å². The van der Waals surface area contributed by atoms with Gasteiger partial charge >= 0.3 is 6.36 Å². The smallest absolute Gasteiger partial charge is 0.496 e. The number of methoxy groups -OCH3 is 1. The van der Waals surface area contributed by atoms with Crippen molar-refractivity contribution in [3.05, 3.63) is 36.3 Å². The largest absolute Gasteiger partial charge is 0.522 e. The molecular formula is C26H32F3N5O6. The Morgan fingerprint density at radius 1 is 1.15 bits per heavy atom. The molecule has 1 aliphatic heterocycles. The van der Waals surface area contributed by atoms with Crippen LogP contribution in [-0.4, -0.2) is 72.2 Å². The van der Waals surface area contributed by atoms with Gasteiger partial charge in [0.05, 0.1) is 25.0 Å². The topological polar surface area (TPSA) is 152 Å². The van der Waals surface area contributed by atoms with E-state index in [-0.39, 0.29) is 30.5 Å². The number of carbonyl (C=O) groups is 4. The molecule has 2 heterocycles. The van der Waals surface area contributed by atoms with Gasteiger partial charge in [0, 0.05) is 18.0 Å². The van der Waals surface area contributed by atoms with Crippen molar-refractivity contribution in [3.63, 3.8) is 0 Å². The summed E-state index contributed by atoms with van der Waals surface area (Å²) in [6.07, 6.45) is -3.30. The van der Waals surface area contributed by atoms with Gasteiger partial charge < -0.3 is 25.7 Å². The Hall–Kier alpha value is -3.94. The molecule has 0 spiro atoms. The minimum Gasteiger partial charge on any atom is -0.496 e. The van der Waals surface area contributed by atoms with E-state index in [4.69, 9.17) is 4.74 Å². The second kappa shape index (κ2) is 13.4. The standard InChI is InChI=1S/C26H32F3N5O6/c1-14(2)10-18(34-25(38)22-31-12-19(32-22)16-6-4-5-7-21(16)39-3)24(37)33-17(11-15-8-9-30-23(15)36)20(35)13-40-26(27,28)29/h4-7,12,14-15,17-18H,8-11,13H2,1-3H3,(H,30,36)(H,31,32)(H,33,37)(H,34,38). The molecule has 0 bridgehead atoms. The molecule has 4 N–H and O–H groups in total. The molecule has 2 aromatic rings. The number of H-pyrrole nitrogens is 1. The molecule has 1 aliphatic rings. The second-order valence-electron chi connectivity index (χ2n) is 9.78. The zero-order valence-electron chi connectivity index (χ0n) is 22.3. The third kappa shape index (κ3) is 8.53. The second-order valence-corrected chi connectivity index (χ2v) is 9.78. The first-order valence-electron chi connectivity index (χ1n) is 12.7. The van der Waals surface area contributed by atoms with Gasteiger partial charge in [-0.15, -0.1) is 13.2 Å². The van der Waals surface area contributed by atoms with Gasteiger partial charge in [0.15, 0.2) is 11.6 Å². The third-order valence-electron chi connectivity index (χ3n) is 6.28. The van der Waals surface area contributed by atoms with Gasteiger partial charge in [-0.25, -0.2) is 4.98 Å². The van der Waals surface area contributed by atoms with E-state index in [9.17, 15) is 32.3 Å². The van der Waals surface area contributed by atoms with Crippen LogP contribution in [0.5, 0.6) is 5.75 Å². The summed E-state index contributed by atoms with van der Waals surface area (Å²) in [7, 11) is 1.50. The summed E-state index contributed by atoms with van der Waals surface area (Å²) < 4.78 is 46.6. The number of aromatic amines is 1. The Morgan fingerprint density at radius 2 is 1.88 bits per heavy atom. The number of imidazole rings is 1. The average molecular weight is 568 g/mol. The van der Waals surface area contributed by atoms with Gasteiger partial charge in [-0.05, 0) is 37.3 Å². The van der Waals surface area contributed by atoms with Crippen molar-refractivity contribution in [2.45, 2.75) is 51.6 Å². The fraction of sp³-hybridized carbons (Fsp3) is 0.500. The molecule has 11 nitrogen and oxygen atoms in total. The lowest BCUT2D eigenvalue weighted by molar-refractivity contribution is -0.321. The maximum atomic E-state index is 13.2. The molecule has 3 rings (SSSR count). The van der Waals surface area contributed by atoms with Gasteiger partial charge in [-0.3, -0.25) is 23.9 Å². The van der Waals surface area contributed by atoms with Crippen LogP contribution in [0.3, 0.4) is 0 Å². The zero-order valence-corrected chi connectivity index (χ0v) is 22.3. The molecule has 0 aliphatic carbocycles. The fourth-order valence-electron chi connectivity index (χ4n) is 4.32. The molecule has 1 saturated heterocycles. The number of carbonyl (C=O) groups excluding carboxylic acids is 4. The molecule has 0 saturated carbocycles. The normalized spacial score (nSPS) is 16.8. The monoisotopic (exact) mass is 567 g/mol. The van der Waals surface area contributed by atoms with Crippen LogP contribution in [0.4, 0.5) is 13.2 Å².